The number of thiazole rings is 1. The van der Waals surface area contributed by atoms with Crippen LogP contribution in [0.2, 0.25) is 0 Å². The molecule has 0 bridgehead atoms. The number of imidazole rings is 1. The molecule has 0 atom stereocenters. The molecule has 0 radical (unpaired) electrons. The number of likely N-dealkylation sites (tertiary alicyclic amines) is 1. The predicted molar refractivity (Wildman–Crippen MR) is 96.4 cm³/mol. The summed E-state index contributed by atoms with van der Waals surface area (Å²) < 4.78 is 7.72. The standard InChI is InChI=1S/C18H22N4O2S/c1-10-9-25-18-15(20-12(3)22(10)18)14-5-7-21(8-6-14)17(23)16-11(2)19-13(4)24-16/h9,14H,5-8H2,1-4H3. The number of hydrogen-bond acceptors (Lipinski definition) is 5. The first-order chi connectivity index (χ1) is 12.0. The molecule has 132 valence electrons. The van der Waals surface area contributed by atoms with Gasteiger partial charge in [-0.3, -0.25) is 9.20 Å². The first kappa shape index (κ1) is 16.3. The first-order valence-electron chi connectivity index (χ1n) is 8.62. The highest BCUT2D eigenvalue weighted by atomic mass is 32.1. The first-order valence-corrected chi connectivity index (χ1v) is 9.50. The third kappa shape index (κ3) is 2.66. The number of fused-ring (bicyclic) bond motifs is 1. The average Bonchev–Trinajstić information content (AvgIpc) is 3.24. The van der Waals surface area contributed by atoms with Crippen molar-refractivity contribution in [1.82, 2.24) is 19.3 Å². The molecule has 0 unspecified atom stereocenters. The molecule has 25 heavy (non-hydrogen) atoms. The van der Waals surface area contributed by atoms with Crippen LogP contribution in [0.3, 0.4) is 0 Å². The van der Waals surface area contributed by atoms with Crippen molar-refractivity contribution < 1.29 is 9.21 Å². The van der Waals surface area contributed by atoms with E-state index >= 15 is 0 Å². The van der Waals surface area contributed by atoms with Gasteiger partial charge in [0.15, 0.2) is 5.89 Å². The van der Waals surface area contributed by atoms with Crippen LogP contribution in [0.5, 0.6) is 0 Å². The fourth-order valence-corrected chi connectivity index (χ4v) is 4.85. The van der Waals surface area contributed by atoms with Gasteiger partial charge in [0, 0.05) is 37.0 Å². The van der Waals surface area contributed by atoms with Crippen molar-refractivity contribution >= 4 is 22.1 Å². The molecule has 1 saturated heterocycles. The van der Waals surface area contributed by atoms with Gasteiger partial charge in [0.25, 0.3) is 5.91 Å². The Morgan fingerprint density at radius 2 is 1.92 bits per heavy atom. The normalized spacial score (nSPS) is 16.1. The molecule has 0 aliphatic carbocycles. The molecule has 7 heteroatoms. The van der Waals surface area contributed by atoms with Crippen LogP contribution in [-0.2, 0) is 0 Å². The molecule has 3 aromatic heterocycles. The molecule has 0 spiro atoms. The minimum atomic E-state index is -0.0466. The number of rotatable bonds is 2. The van der Waals surface area contributed by atoms with Crippen molar-refractivity contribution in [2.75, 3.05) is 13.1 Å². The Bertz CT molecular complexity index is 944. The van der Waals surface area contributed by atoms with Crippen LogP contribution >= 0.6 is 11.3 Å². The molecule has 0 N–H and O–H groups in total. The number of amides is 1. The van der Waals surface area contributed by atoms with Crippen LogP contribution in [-0.4, -0.2) is 38.3 Å². The Morgan fingerprint density at radius 1 is 1.20 bits per heavy atom. The smallest absolute Gasteiger partial charge is 0.291 e. The second-order valence-corrected chi connectivity index (χ2v) is 7.63. The summed E-state index contributed by atoms with van der Waals surface area (Å²) in [5.74, 6) is 2.33. The van der Waals surface area contributed by atoms with Gasteiger partial charge in [-0.25, -0.2) is 9.97 Å². The van der Waals surface area contributed by atoms with E-state index in [1.165, 1.54) is 16.2 Å². The van der Waals surface area contributed by atoms with Crippen molar-refractivity contribution in [1.29, 1.82) is 0 Å². The molecule has 0 saturated carbocycles. The van der Waals surface area contributed by atoms with Crippen LogP contribution in [0.15, 0.2) is 9.80 Å². The fourth-order valence-electron chi connectivity index (χ4n) is 3.75. The lowest BCUT2D eigenvalue weighted by molar-refractivity contribution is 0.0678. The summed E-state index contributed by atoms with van der Waals surface area (Å²) in [4.78, 5) is 24.8. The highest BCUT2D eigenvalue weighted by Gasteiger charge is 2.30. The molecule has 6 nitrogen and oxygen atoms in total. The summed E-state index contributed by atoms with van der Waals surface area (Å²) in [7, 11) is 0. The summed E-state index contributed by atoms with van der Waals surface area (Å²) in [6.45, 7) is 9.22. The maximum absolute atomic E-state index is 12.7. The van der Waals surface area contributed by atoms with Gasteiger partial charge >= 0.3 is 0 Å². The van der Waals surface area contributed by atoms with E-state index in [-0.39, 0.29) is 5.91 Å². The number of aromatic nitrogens is 3. The zero-order valence-electron chi connectivity index (χ0n) is 15.0. The molecule has 4 heterocycles. The van der Waals surface area contributed by atoms with Gasteiger partial charge in [0.05, 0.1) is 11.4 Å². The summed E-state index contributed by atoms with van der Waals surface area (Å²) >= 11 is 1.76. The van der Waals surface area contributed by atoms with E-state index in [0.717, 1.165) is 31.8 Å². The largest absolute Gasteiger partial charge is 0.436 e. The summed E-state index contributed by atoms with van der Waals surface area (Å²) in [5, 5.41) is 2.18. The molecule has 0 aromatic carbocycles. The van der Waals surface area contributed by atoms with E-state index < -0.39 is 0 Å². The Hall–Kier alpha value is -2.15. The quantitative estimate of drug-likeness (QED) is 0.702. The number of nitrogens with zero attached hydrogens (tertiary/aromatic N) is 4. The van der Waals surface area contributed by atoms with E-state index in [4.69, 9.17) is 9.40 Å². The lowest BCUT2D eigenvalue weighted by Crippen LogP contribution is -2.38. The number of carbonyl (C=O) groups excluding carboxylic acids is 1. The average molecular weight is 358 g/mol. The van der Waals surface area contributed by atoms with Gasteiger partial charge in [-0.15, -0.1) is 11.3 Å². The zero-order valence-corrected chi connectivity index (χ0v) is 15.8. The van der Waals surface area contributed by atoms with Crippen molar-refractivity contribution in [3.63, 3.8) is 0 Å². The number of carbonyl (C=O) groups is 1. The summed E-state index contributed by atoms with van der Waals surface area (Å²) in [6, 6.07) is 0. The van der Waals surface area contributed by atoms with Crippen LogP contribution in [0.1, 0.15) is 58.1 Å². The van der Waals surface area contributed by atoms with Gasteiger partial charge in [0.2, 0.25) is 5.76 Å². The Balaban J connectivity index is 1.51. The maximum atomic E-state index is 12.7. The van der Waals surface area contributed by atoms with Crippen molar-refractivity contribution in [3.8, 4) is 0 Å². The predicted octanol–water partition coefficient (Wildman–Crippen LogP) is 3.64. The second kappa shape index (κ2) is 5.98. The second-order valence-electron chi connectivity index (χ2n) is 6.78. The van der Waals surface area contributed by atoms with Gasteiger partial charge in [-0.1, -0.05) is 0 Å². The lowest BCUT2D eigenvalue weighted by Gasteiger charge is -2.30. The van der Waals surface area contributed by atoms with E-state index in [1.807, 2.05) is 11.8 Å². The van der Waals surface area contributed by atoms with Gasteiger partial charge in [-0.2, -0.15) is 0 Å². The Labute approximate surface area is 150 Å². The minimum absolute atomic E-state index is 0.0466. The van der Waals surface area contributed by atoms with Crippen molar-refractivity contribution in [3.05, 3.63) is 39.9 Å². The number of piperidine rings is 1. The van der Waals surface area contributed by atoms with Gasteiger partial charge in [-0.05, 0) is 33.6 Å². The summed E-state index contributed by atoms with van der Waals surface area (Å²) in [6.07, 6.45) is 1.86. The van der Waals surface area contributed by atoms with E-state index in [2.05, 4.69) is 28.6 Å². The Morgan fingerprint density at radius 3 is 2.56 bits per heavy atom. The molecular formula is C18H22N4O2S. The van der Waals surface area contributed by atoms with Crippen LogP contribution in [0.25, 0.3) is 4.83 Å². The van der Waals surface area contributed by atoms with Gasteiger partial charge in [0.1, 0.15) is 10.7 Å². The number of oxazole rings is 1. The third-order valence-corrected chi connectivity index (χ3v) is 6.06. The molecule has 1 aliphatic rings. The molecule has 1 amide bonds. The minimum Gasteiger partial charge on any atom is -0.436 e. The van der Waals surface area contributed by atoms with E-state index in [0.29, 0.717) is 23.3 Å². The van der Waals surface area contributed by atoms with E-state index in [1.54, 1.807) is 18.3 Å². The SMILES string of the molecule is Cc1nc(C)c(C(=O)N2CCC(c3nc(C)n4c(C)csc34)CC2)o1. The molecule has 4 rings (SSSR count). The fraction of sp³-hybridized carbons (Fsp3) is 0.500. The number of hydrogen-bond donors (Lipinski definition) is 0. The Kier molecular flexibility index (Phi) is 3.91. The lowest BCUT2D eigenvalue weighted by atomic mass is 9.94. The molecular weight excluding hydrogens is 336 g/mol. The molecule has 1 aliphatic heterocycles. The van der Waals surface area contributed by atoms with Crippen LogP contribution < -0.4 is 0 Å². The van der Waals surface area contributed by atoms with Crippen molar-refractivity contribution in [2.24, 2.45) is 0 Å². The third-order valence-electron chi connectivity index (χ3n) is 4.99. The van der Waals surface area contributed by atoms with E-state index in [9.17, 15) is 4.79 Å². The highest BCUT2D eigenvalue weighted by molar-refractivity contribution is 7.15. The molecule has 1 fully saturated rings. The van der Waals surface area contributed by atoms with Gasteiger partial charge < -0.3 is 9.32 Å². The van der Waals surface area contributed by atoms with Crippen LogP contribution in [0.4, 0.5) is 0 Å². The number of aryl methyl sites for hydroxylation is 4. The molecule has 3 aromatic rings. The topological polar surface area (TPSA) is 63.6 Å². The monoisotopic (exact) mass is 358 g/mol. The highest BCUT2D eigenvalue weighted by Crippen LogP contribution is 2.34. The maximum Gasteiger partial charge on any atom is 0.291 e. The summed E-state index contributed by atoms with van der Waals surface area (Å²) in [5.41, 5.74) is 3.10. The van der Waals surface area contributed by atoms with Crippen LogP contribution in [0, 0.1) is 27.7 Å². The van der Waals surface area contributed by atoms with Crippen molar-refractivity contribution in [2.45, 2.75) is 46.5 Å². The zero-order chi connectivity index (χ0) is 17.7.